The molecular weight excluding hydrogens is 420 g/mol. The third kappa shape index (κ3) is 5.92. The van der Waals surface area contributed by atoms with Crippen molar-refractivity contribution in [1.29, 1.82) is 0 Å². The molecule has 2 aromatic carbocycles. The molecule has 0 unspecified atom stereocenters. The maximum Gasteiger partial charge on any atom is 0.407 e. The number of ether oxygens (including phenoxy) is 1. The number of amides is 2. The zero-order valence-corrected chi connectivity index (χ0v) is 19.6. The van der Waals surface area contributed by atoms with Crippen LogP contribution in [0.4, 0.5) is 4.79 Å². The molecule has 0 aromatic heterocycles. The third-order valence-corrected chi connectivity index (χ3v) is 6.05. The van der Waals surface area contributed by atoms with Gasteiger partial charge in [-0.3, -0.25) is 9.59 Å². The topological polar surface area (TPSA) is 105 Å². The van der Waals surface area contributed by atoms with Gasteiger partial charge in [-0.15, -0.1) is 0 Å². The van der Waals surface area contributed by atoms with E-state index in [1.165, 1.54) is 0 Å². The fourth-order valence-corrected chi connectivity index (χ4v) is 3.98. The van der Waals surface area contributed by atoms with Gasteiger partial charge in [0, 0.05) is 24.4 Å². The molecule has 0 radical (unpaired) electrons. The highest BCUT2D eigenvalue weighted by Gasteiger charge is 2.33. The van der Waals surface area contributed by atoms with Gasteiger partial charge in [-0.05, 0) is 56.4 Å². The summed E-state index contributed by atoms with van der Waals surface area (Å²) in [6, 6.07) is 16.2. The Balaban J connectivity index is 1.54. The number of benzene rings is 2. The molecule has 1 aliphatic carbocycles. The Bertz CT molecular complexity index is 999. The highest BCUT2D eigenvalue weighted by Crippen LogP contribution is 2.44. The van der Waals surface area contributed by atoms with E-state index in [1.54, 1.807) is 27.7 Å². The first-order valence-electron chi connectivity index (χ1n) is 11.1. The van der Waals surface area contributed by atoms with Crippen LogP contribution >= 0.6 is 0 Å². The lowest BCUT2D eigenvalue weighted by molar-refractivity contribution is -0.138. The Kier molecular flexibility index (Phi) is 7.10. The second kappa shape index (κ2) is 9.65. The molecule has 0 atom stereocenters. The van der Waals surface area contributed by atoms with Gasteiger partial charge in [0.05, 0.1) is 5.41 Å². The van der Waals surface area contributed by atoms with E-state index in [4.69, 9.17) is 9.84 Å². The van der Waals surface area contributed by atoms with E-state index in [-0.39, 0.29) is 31.4 Å². The number of alkyl carbamates (subject to hydrolysis) is 1. The molecule has 0 aliphatic heterocycles. The number of hydrogen-bond acceptors (Lipinski definition) is 4. The van der Waals surface area contributed by atoms with E-state index in [2.05, 4.69) is 34.9 Å². The molecule has 0 heterocycles. The first-order chi connectivity index (χ1) is 15.5. The summed E-state index contributed by atoms with van der Waals surface area (Å²) in [4.78, 5) is 36.0. The lowest BCUT2D eigenvalue weighted by Gasteiger charge is -2.32. The summed E-state index contributed by atoms with van der Waals surface area (Å²) < 4.78 is 5.53. The largest absolute Gasteiger partial charge is 0.481 e. The Labute approximate surface area is 194 Å². The summed E-state index contributed by atoms with van der Waals surface area (Å²) in [6.07, 6.45) is -0.307. The van der Waals surface area contributed by atoms with Crippen LogP contribution < -0.4 is 10.6 Å². The van der Waals surface area contributed by atoms with Crippen molar-refractivity contribution in [2.75, 3.05) is 13.2 Å². The van der Waals surface area contributed by atoms with E-state index < -0.39 is 23.0 Å². The van der Waals surface area contributed by atoms with E-state index in [9.17, 15) is 14.4 Å². The van der Waals surface area contributed by atoms with Crippen molar-refractivity contribution in [3.63, 3.8) is 0 Å². The van der Waals surface area contributed by atoms with Crippen molar-refractivity contribution >= 4 is 18.0 Å². The number of carboxylic acids is 1. The van der Waals surface area contributed by atoms with Crippen LogP contribution in [0.5, 0.6) is 0 Å². The minimum atomic E-state index is -0.909. The van der Waals surface area contributed by atoms with Gasteiger partial charge in [0.15, 0.2) is 0 Å². The first-order valence-corrected chi connectivity index (χ1v) is 11.1. The summed E-state index contributed by atoms with van der Waals surface area (Å²) in [5.41, 5.74) is 3.02. The van der Waals surface area contributed by atoms with Gasteiger partial charge in [-0.2, -0.15) is 0 Å². The van der Waals surface area contributed by atoms with Crippen LogP contribution in [0.3, 0.4) is 0 Å². The number of nitrogens with one attached hydrogen (secondary N) is 2. The molecule has 3 rings (SSSR count). The van der Waals surface area contributed by atoms with Gasteiger partial charge in [-0.25, -0.2) is 4.79 Å². The molecule has 1 aliphatic rings. The quantitative estimate of drug-likeness (QED) is 0.526. The lowest BCUT2D eigenvalue weighted by atomic mass is 9.89. The van der Waals surface area contributed by atoms with E-state index in [0.717, 1.165) is 22.3 Å². The molecule has 0 saturated carbocycles. The predicted octanol–water partition coefficient (Wildman–Crippen LogP) is 4.31. The summed E-state index contributed by atoms with van der Waals surface area (Å²) in [5, 5.41) is 14.5. The number of carboxylic acid groups (broad SMARTS) is 1. The summed E-state index contributed by atoms with van der Waals surface area (Å²) >= 11 is 0. The molecule has 7 heteroatoms. The normalized spacial score (nSPS) is 13.1. The number of fused-ring (bicyclic) bond motifs is 3. The van der Waals surface area contributed by atoms with Gasteiger partial charge >= 0.3 is 12.1 Å². The lowest BCUT2D eigenvalue weighted by Crippen LogP contribution is -2.52. The highest BCUT2D eigenvalue weighted by atomic mass is 16.5. The van der Waals surface area contributed by atoms with Crippen LogP contribution in [-0.4, -0.2) is 41.8 Å². The van der Waals surface area contributed by atoms with Crippen molar-refractivity contribution in [3.8, 4) is 11.1 Å². The molecule has 176 valence electrons. The average molecular weight is 453 g/mol. The van der Waals surface area contributed by atoms with Crippen molar-refractivity contribution in [2.45, 2.75) is 52.0 Å². The van der Waals surface area contributed by atoms with Crippen LogP contribution in [0.2, 0.25) is 0 Å². The second-order valence-corrected chi connectivity index (χ2v) is 9.79. The van der Waals surface area contributed by atoms with Gasteiger partial charge < -0.3 is 20.5 Å². The average Bonchev–Trinajstić information content (AvgIpc) is 3.08. The van der Waals surface area contributed by atoms with E-state index >= 15 is 0 Å². The van der Waals surface area contributed by atoms with Gasteiger partial charge in [-0.1, -0.05) is 48.5 Å². The number of aliphatic carboxylic acids is 1. The number of carbonyl (C=O) groups is 3. The molecule has 2 amide bonds. The SMILES string of the molecule is CC(C)(CCC(=O)O)NC(=O)C(C)(C)CNC(=O)OCC1c2ccccc2-c2ccccc21. The van der Waals surface area contributed by atoms with Crippen molar-refractivity contribution in [2.24, 2.45) is 5.41 Å². The Morgan fingerprint density at radius 1 is 0.939 bits per heavy atom. The molecular formula is C26H32N2O5. The summed E-state index contributed by atoms with van der Waals surface area (Å²) in [5.74, 6) is -1.21. The Hall–Kier alpha value is -3.35. The molecule has 0 fully saturated rings. The van der Waals surface area contributed by atoms with Gasteiger partial charge in [0.25, 0.3) is 0 Å². The van der Waals surface area contributed by atoms with Crippen LogP contribution in [0, 0.1) is 5.41 Å². The first kappa shape index (κ1) is 24.3. The van der Waals surface area contributed by atoms with E-state index in [1.807, 2.05) is 24.3 Å². The molecule has 33 heavy (non-hydrogen) atoms. The standard InChI is InChI=1S/C26H32N2O5/c1-25(2,23(31)28-26(3,4)14-13-22(29)30)16-27-24(32)33-15-21-19-11-7-5-9-17(19)18-10-6-8-12-20(18)21/h5-12,21H,13-16H2,1-4H3,(H,27,32)(H,28,31)(H,29,30). The van der Waals surface area contributed by atoms with Gasteiger partial charge in [0.1, 0.15) is 6.61 Å². The fourth-order valence-electron chi connectivity index (χ4n) is 3.98. The molecule has 7 nitrogen and oxygen atoms in total. The van der Waals surface area contributed by atoms with Crippen molar-refractivity contribution in [3.05, 3.63) is 59.7 Å². The van der Waals surface area contributed by atoms with Crippen LogP contribution in [0.25, 0.3) is 11.1 Å². The second-order valence-electron chi connectivity index (χ2n) is 9.79. The van der Waals surface area contributed by atoms with Crippen molar-refractivity contribution in [1.82, 2.24) is 10.6 Å². The highest BCUT2D eigenvalue weighted by molar-refractivity contribution is 5.83. The summed E-state index contributed by atoms with van der Waals surface area (Å²) in [6.45, 7) is 7.30. The number of rotatable bonds is 9. The third-order valence-electron chi connectivity index (χ3n) is 6.05. The van der Waals surface area contributed by atoms with Crippen LogP contribution in [0.1, 0.15) is 57.6 Å². The molecule has 2 aromatic rings. The molecule has 0 bridgehead atoms. The Morgan fingerprint density at radius 3 is 2.03 bits per heavy atom. The maximum atomic E-state index is 12.7. The van der Waals surface area contributed by atoms with E-state index in [0.29, 0.717) is 6.42 Å². The molecule has 3 N–H and O–H groups in total. The summed E-state index contributed by atoms with van der Waals surface area (Å²) in [7, 11) is 0. The Morgan fingerprint density at radius 2 is 1.48 bits per heavy atom. The van der Waals surface area contributed by atoms with Gasteiger partial charge in [0.2, 0.25) is 5.91 Å². The van der Waals surface area contributed by atoms with Crippen LogP contribution in [-0.2, 0) is 14.3 Å². The zero-order valence-electron chi connectivity index (χ0n) is 19.6. The number of carbonyl (C=O) groups excluding carboxylic acids is 2. The zero-order chi connectivity index (χ0) is 24.2. The minimum absolute atomic E-state index is 0.0329. The monoisotopic (exact) mass is 452 g/mol. The smallest absolute Gasteiger partial charge is 0.407 e. The molecule has 0 spiro atoms. The minimum Gasteiger partial charge on any atom is -0.481 e. The van der Waals surface area contributed by atoms with Crippen LogP contribution in [0.15, 0.2) is 48.5 Å². The predicted molar refractivity (Wildman–Crippen MR) is 126 cm³/mol. The van der Waals surface area contributed by atoms with Crippen molar-refractivity contribution < 1.29 is 24.2 Å². The fraction of sp³-hybridized carbons (Fsp3) is 0.423. The molecule has 0 saturated heterocycles. The number of hydrogen-bond donors (Lipinski definition) is 3. The maximum absolute atomic E-state index is 12.7.